The van der Waals surface area contributed by atoms with Gasteiger partial charge in [-0.25, -0.2) is 4.79 Å². The van der Waals surface area contributed by atoms with Gasteiger partial charge in [-0.15, -0.1) is 0 Å². The van der Waals surface area contributed by atoms with Crippen molar-refractivity contribution in [2.24, 2.45) is 4.99 Å². The Morgan fingerprint density at radius 1 is 1.12 bits per heavy atom. The van der Waals surface area contributed by atoms with Crippen LogP contribution in [0.3, 0.4) is 0 Å². The van der Waals surface area contributed by atoms with Crippen molar-refractivity contribution in [3.05, 3.63) is 65.7 Å². The van der Waals surface area contributed by atoms with Crippen molar-refractivity contribution in [2.75, 3.05) is 6.61 Å². The number of hydrogen-bond acceptors (Lipinski definition) is 4. The molecule has 0 bridgehead atoms. The molecule has 0 spiro atoms. The van der Waals surface area contributed by atoms with E-state index in [0.717, 1.165) is 35.4 Å². The smallest absolute Gasteiger partial charge is 0.330 e. The van der Waals surface area contributed by atoms with E-state index in [-0.39, 0.29) is 12.0 Å². The number of ether oxygens (including phenoxy) is 2. The summed E-state index contributed by atoms with van der Waals surface area (Å²) in [5, 5.41) is 0. The van der Waals surface area contributed by atoms with Crippen LogP contribution in [0.2, 0.25) is 0 Å². The number of rotatable bonds is 6. The first-order valence-corrected chi connectivity index (χ1v) is 8.26. The van der Waals surface area contributed by atoms with E-state index in [2.05, 4.69) is 4.99 Å². The Labute approximate surface area is 142 Å². The molecule has 0 saturated heterocycles. The third-order valence-corrected chi connectivity index (χ3v) is 3.96. The van der Waals surface area contributed by atoms with E-state index in [1.54, 1.807) is 0 Å². The highest BCUT2D eigenvalue weighted by Crippen LogP contribution is 2.22. The lowest BCUT2D eigenvalue weighted by molar-refractivity contribution is -0.144. The Hall–Kier alpha value is -2.62. The van der Waals surface area contributed by atoms with Gasteiger partial charge in [0.05, 0.1) is 6.61 Å². The number of carbonyl (C=O) groups excluding carboxylic acids is 1. The average molecular weight is 323 g/mol. The third-order valence-electron chi connectivity index (χ3n) is 3.96. The minimum atomic E-state index is -0.353. The van der Waals surface area contributed by atoms with E-state index in [1.807, 2.05) is 61.5 Å². The van der Waals surface area contributed by atoms with Crippen LogP contribution in [-0.2, 0) is 16.1 Å². The van der Waals surface area contributed by atoms with Crippen molar-refractivity contribution in [3.8, 4) is 5.75 Å². The number of benzene rings is 2. The molecule has 1 aliphatic rings. The summed E-state index contributed by atoms with van der Waals surface area (Å²) >= 11 is 0. The molecule has 0 radical (unpaired) electrons. The molecule has 4 nitrogen and oxygen atoms in total. The fourth-order valence-electron chi connectivity index (χ4n) is 2.70. The van der Waals surface area contributed by atoms with E-state index < -0.39 is 0 Å². The number of carbonyl (C=O) groups is 1. The molecule has 124 valence electrons. The van der Waals surface area contributed by atoms with Crippen molar-refractivity contribution < 1.29 is 14.3 Å². The summed E-state index contributed by atoms with van der Waals surface area (Å²) in [6.45, 7) is 2.76. The van der Waals surface area contributed by atoms with Crippen molar-refractivity contribution in [1.29, 1.82) is 0 Å². The maximum absolute atomic E-state index is 11.7. The molecule has 1 atom stereocenters. The maximum atomic E-state index is 11.7. The normalized spacial score (nSPS) is 16.5. The largest absolute Gasteiger partial charge is 0.489 e. The molecule has 1 aliphatic heterocycles. The first-order valence-electron chi connectivity index (χ1n) is 8.26. The van der Waals surface area contributed by atoms with Gasteiger partial charge in [-0.2, -0.15) is 0 Å². The minimum absolute atomic E-state index is 0.227. The van der Waals surface area contributed by atoms with Crippen LogP contribution in [-0.4, -0.2) is 24.3 Å². The van der Waals surface area contributed by atoms with Crippen LogP contribution in [0.4, 0.5) is 0 Å². The molecule has 0 N–H and O–H groups in total. The molecule has 4 heteroatoms. The van der Waals surface area contributed by atoms with Crippen LogP contribution >= 0.6 is 0 Å². The molecule has 0 amide bonds. The molecule has 0 aromatic heterocycles. The van der Waals surface area contributed by atoms with Crippen LogP contribution in [0.5, 0.6) is 5.75 Å². The zero-order valence-corrected chi connectivity index (χ0v) is 13.8. The van der Waals surface area contributed by atoms with Crippen molar-refractivity contribution in [1.82, 2.24) is 0 Å². The Bertz CT molecular complexity index is 707. The predicted octanol–water partition coefficient (Wildman–Crippen LogP) is 3.78. The summed E-state index contributed by atoms with van der Waals surface area (Å²) in [6.07, 6.45) is 1.52. The van der Waals surface area contributed by atoms with Gasteiger partial charge in [0.25, 0.3) is 0 Å². The number of nitrogens with zero attached hydrogens (tertiary/aromatic N) is 1. The lowest BCUT2D eigenvalue weighted by Crippen LogP contribution is -2.18. The summed E-state index contributed by atoms with van der Waals surface area (Å²) in [5.41, 5.74) is 3.13. The van der Waals surface area contributed by atoms with E-state index >= 15 is 0 Å². The van der Waals surface area contributed by atoms with Crippen molar-refractivity contribution in [2.45, 2.75) is 32.4 Å². The van der Waals surface area contributed by atoms with Gasteiger partial charge in [0.15, 0.2) is 0 Å². The van der Waals surface area contributed by atoms with Crippen LogP contribution in [0, 0.1) is 0 Å². The maximum Gasteiger partial charge on any atom is 0.330 e. The topological polar surface area (TPSA) is 47.9 Å². The summed E-state index contributed by atoms with van der Waals surface area (Å²) in [7, 11) is 0. The number of aliphatic imine (C=N–C) groups is 1. The Morgan fingerprint density at radius 2 is 1.88 bits per heavy atom. The minimum Gasteiger partial charge on any atom is -0.489 e. The fourth-order valence-corrected chi connectivity index (χ4v) is 2.70. The van der Waals surface area contributed by atoms with Gasteiger partial charge >= 0.3 is 5.97 Å². The molecule has 0 saturated carbocycles. The van der Waals surface area contributed by atoms with Crippen molar-refractivity contribution >= 4 is 11.7 Å². The second-order valence-electron chi connectivity index (χ2n) is 5.68. The molecule has 2 aromatic carbocycles. The van der Waals surface area contributed by atoms with Gasteiger partial charge in [0.2, 0.25) is 0 Å². The zero-order chi connectivity index (χ0) is 16.8. The zero-order valence-electron chi connectivity index (χ0n) is 13.8. The molecule has 24 heavy (non-hydrogen) atoms. The monoisotopic (exact) mass is 323 g/mol. The summed E-state index contributed by atoms with van der Waals surface area (Å²) in [5.74, 6) is 0.596. The predicted molar refractivity (Wildman–Crippen MR) is 93.4 cm³/mol. The molecule has 2 aromatic rings. The van der Waals surface area contributed by atoms with Crippen LogP contribution < -0.4 is 4.74 Å². The Morgan fingerprint density at radius 3 is 2.58 bits per heavy atom. The Balaban J connectivity index is 1.60. The SMILES string of the molecule is CCOC(=O)[C@@H]1CCC(c2ccc(OCc3ccccc3)cc2)=N1. The highest BCUT2D eigenvalue weighted by atomic mass is 16.5. The molecule has 0 fully saturated rings. The van der Waals surface area contributed by atoms with E-state index in [9.17, 15) is 4.79 Å². The quantitative estimate of drug-likeness (QED) is 0.760. The van der Waals surface area contributed by atoms with Gasteiger partial charge in [0, 0.05) is 5.71 Å². The molecule has 0 aliphatic carbocycles. The summed E-state index contributed by atoms with van der Waals surface area (Å²) in [6, 6.07) is 17.6. The van der Waals surface area contributed by atoms with Crippen LogP contribution in [0.15, 0.2) is 59.6 Å². The first-order chi connectivity index (χ1) is 11.8. The third kappa shape index (κ3) is 4.02. The van der Waals surface area contributed by atoms with E-state index in [4.69, 9.17) is 9.47 Å². The highest BCUT2D eigenvalue weighted by Gasteiger charge is 2.25. The van der Waals surface area contributed by atoms with Crippen LogP contribution in [0.1, 0.15) is 30.9 Å². The molecule has 3 rings (SSSR count). The second kappa shape index (κ2) is 7.77. The average Bonchev–Trinajstić information content (AvgIpc) is 3.12. The van der Waals surface area contributed by atoms with E-state index in [1.165, 1.54) is 0 Å². The van der Waals surface area contributed by atoms with Gasteiger partial charge in [-0.05, 0) is 55.2 Å². The van der Waals surface area contributed by atoms with Crippen LogP contribution in [0.25, 0.3) is 0 Å². The molecular weight excluding hydrogens is 302 g/mol. The Kier molecular flexibility index (Phi) is 5.26. The van der Waals surface area contributed by atoms with Gasteiger partial charge in [-0.3, -0.25) is 4.99 Å². The number of esters is 1. The lowest BCUT2D eigenvalue weighted by Gasteiger charge is -2.07. The molecular formula is C20H21NO3. The number of hydrogen-bond donors (Lipinski definition) is 0. The lowest BCUT2D eigenvalue weighted by atomic mass is 10.1. The fraction of sp³-hybridized carbons (Fsp3) is 0.300. The summed E-state index contributed by atoms with van der Waals surface area (Å²) in [4.78, 5) is 16.2. The van der Waals surface area contributed by atoms with E-state index in [0.29, 0.717) is 13.2 Å². The first kappa shape index (κ1) is 16.2. The highest BCUT2D eigenvalue weighted by molar-refractivity contribution is 6.03. The van der Waals surface area contributed by atoms with Gasteiger partial charge in [0.1, 0.15) is 18.4 Å². The van der Waals surface area contributed by atoms with Crippen molar-refractivity contribution in [3.63, 3.8) is 0 Å². The standard InChI is InChI=1S/C20H21NO3/c1-2-23-20(22)19-13-12-18(21-19)16-8-10-17(11-9-16)24-14-15-6-4-3-5-7-15/h3-11,19H,2,12-14H2,1H3/t19-/m0/s1. The van der Waals surface area contributed by atoms with Gasteiger partial charge in [-0.1, -0.05) is 30.3 Å². The second-order valence-corrected chi connectivity index (χ2v) is 5.68. The molecule has 0 unspecified atom stereocenters. The van der Waals surface area contributed by atoms with Gasteiger partial charge < -0.3 is 9.47 Å². The molecule has 1 heterocycles. The summed E-state index contributed by atoms with van der Waals surface area (Å²) < 4.78 is 10.8.